The monoisotopic (exact) mass is 355 g/mol. The fraction of sp³-hybridized carbons (Fsp3) is 0.167. The van der Waals surface area contributed by atoms with E-state index in [0.29, 0.717) is 4.88 Å². The second kappa shape index (κ2) is 7.31. The number of carbonyl (C=O) groups excluding carboxylic acids is 2. The molecule has 0 saturated carbocycles. The van der Waals surface area contributed by atoms with Crippen LogP contribution in [-0.4, -0.2) is 28.8 Å². The van der Waals surface area contributed by atoms with Crippen LogP contribution < -0.4 is 5.32 Å². The fourth-order valence-electron chi connectivity index (χ4n) is 2.44. The Morgan fingerprint density at radius 3 is 2.60 bits per heavy atom. The molecule has 3 rings (SSSR count). The predicted octanol–water partition coefficient (Wildman–Crippen LogP) is 2.89. The third kappa shape index (κ3) is 3.61. The Kier molecular flexibility index (Phi) is 4.95. The summed E-state index contributed by atoms with van der Waals surface area (Å²) in [7, 11) is 1.30. The molecule has 1 amide bonds. The first-order valence-electron chi connectivity index (χ1n) is 7.64. The molecule has 1 aromatic carbocycles. The third-order valence-electron chi connectivity index (χ3n) is 3.66. The van der Waals surface area contributed by atoms with Crippen LogP contribution in [-0.2, 0) is 9.53 Å². The van der Waals surface area contributed by atoms with Gasteiger partial charge < -0.3 is 10.1 Å². The molecule has 3 aromatic rings. The van der Waals surface area contributed by atoms with Crippen molar-refractivity contribution in [2.45, 2.75) is 13.0 Å². The Morgan fingerprint density at radius 1 is 1.20 bits per heavy atom. The highest BCUT2D eigenvalue weighted by Gasteiger charge is 2.26. The number of para-hydroxylation sites is 1. The number of aromatic nitrogens is 2. The maximum atomic E-state index is 12.6. The van der Waals surface area contributed by atoms with Crippen molar-refractivity contribution in [3.05, 3.63) is 70.2 Å². The molecule has 0 aliphatic heterocycles. The topological polar surface area (TPSA) is 73.2 Å². The fourth-order valence-corrected chi connectivity index (χ4v) is 3.20. The minimum absolute atomic E-state index is 0.242. The van der Waals surface area contributed by atoms with Gasteiger partial charge in [-0.25, -0.2) is 9.48 Å². The van der Waals surface area contributed by atoms with Gasteiger partial charge in [0.2, 0.25) is 0 Å². The Morgan fingerprint density at radius 2 is 1.96 bits per heavy atom. The Hall–Kier alpha value is -2.93. The molecule has 2 heterocycles. The summed E-state index contributed by atoms with van der Waals surface area (Å²) in [6.07, 6.45) is 0. The first-order chi connectivity index (χ1) is 12.1. The number of nitrogens with zero attached hydrogens (tertiary/aromatic N) is 2. The summed E-state index contributed by atoms with van der Waals surface area (Å²) in [5.74, 6) is -0.948. The van der Waals surface area contributed by atoms with E-state index in [4.69, 9.17) is 4.74 Å². The van der Waals surface area contributed by atoms with E-state index in [9.17, 15) is 9.59 Å². The molecule has 7 heteroatoms. The minimum atomic E-state index is -0.848. The normalized spacial score (nSPS) is 11.8. The van der Waals surface area contributed by atoms with Crippen molar-refractivity contribution in [1.29, 1.82) is 0 Å². The zero-order valence-corrected chi connectivity index (χ0v) is 14.6. The number of rotatable bonds is 5. The molecule has 0 aliphatic carbocycles. The smallest absolute Gasteiger partial charge is 0.333 e. The molecule has 25 heavy (non-hydrogen) atoms. The lowest BCUT2D eigenvalue weighted by atomic mass is 10.2. The van der Waals surface area contributed by atoms with Crippen molar-refractivity contribution in [2.75, 3.05) is 7.11 Å². The van der Waals surface area contributed by atoms with Crippen LogP contribution in [0.15, 0.2) is 53.9 Å². The molecule has 1 atom stereocenters. The summed E-state index contributed by atoms with van der Waals surface area (Å²) < 4.78 is 6.49. The maximum absolute atomic E-state index is 12.6. The zero-order chi connectivity index (χ0) is 17.8. The van der Waals surface area contributed by atoms with Gasteiger partial charge in [-0.2, -0.15) is 5.10 Å². The van der Waals surface area contributed by atoms with Crippen LogP contribution in [0.5, 0.6) is 0 Å². The van der Waals surface area contributed by atoms with Crippen molar-refractivity contribution in [3.8, 4) is 5.69 Å². The third-order valence-corrected chi connectivity index (χ3v) is 4.60. The van der Waals surface area contributed by atoms with E-state index < -0.39 is 17.9 Å². The van der Waals surface area contributed by atoms with Crippen molar-refractivity contribution in [1.82, 2.24) is 15.1 Å². The molecule has 1 N–H and O–H groups in total. The number of esters is 1. The quantitative estimate of drug-likeness (QED) is 0.714. The average Bonchev–Trinajstić information content (AvgIpc) is 3.29. The van der Waals surface area contributed by atoms with Gasteiger partial charge in [0.25, 0.3) is 5.91 Å². The lowest BCUT2D eigenvalue weighted by Crippen LogP contribution is -2.34. The number of carbonyl (C=O) groups is 2. The first-order valence-corrected chi connectivity index (χ1v) is 8.52. The van der Waals surface area contributed by atoms with Crippen molar-refractivity contribution >= 4 is 23.2 Å². The standard InChI is InChI=1S/C18H17N3O3S/c1-12-11-14(20-21(12)13-7-4-3-5-8-13)17(22)19-16(18(23)24-2)15-9-6-10-25-15/h3-11,16H,1-2H3,(H,19,22). The molecule has 1 unspecified atom stereocenters. The van der Waals surface area contributed by atoms with Crippen LogP contribution in [0.3, 0.4) is 0 Å². The molecule has 2 aromatic heterocycles. The van der Waals surface area contributed by atoms with E-state index in [0.717, 1.165) is 11.4 Å². The Bertz CT molecular complexity index is 872. The predicted molar refractivity (Wildman–Crippen MR) is 94.8 cm³/mol. The van der Waals surface area contributed by atoms with Gasteiger partial charge in [0.15, 0.2) is 11.7 Å². The van der Waals surface area contributed by atoms with Crippen molar-refractivity contribution in [2.24, 2.45) is 0 Å². The van der Waals surface area contributed by atoms with Crippen LogP contribution >= 0.6 is 11.3 Å². The molecular formula is C18H17N3O3S. The summed E-state index contributed by atoms with van der Waals surface area (Å²) in [5.41, 5.74) is 1.93. The second-order valence-electron chi connectivity index (χ2n) is 5.36. The van der Waals surface area contributed by atoms with Gasteiger partial charge in [0, 0.05) is 10.6 Å². The van der Waals surface area contributed by atoms with Gasteiger partial charge in [0.1, 0.15) is 0 Å². The highest BCUT2D eigenvalue weighted by molar-refractivity contribution is 7.10. The number of amides is 1. The number of ether oxygens (including phenoxy) is 1. The van der Waals surface area contributed by atoms with Crippen LogP contribution in [0, 0.1) is 6.92 Å². The molecule has 0 aliphatic rings. The van der Waals surface area contributed by atoms with E-state index in [1.165, 1.54) is 18.4 Å². The molecule has 0 fully saturated rings. The number of hydrogen-bond donors (Lipinski definition) is 1. The minimum Gasteiger partial charge on any atom is -0.467 e. The van der Waals surface area contributed by atoms with Crippen molar-refractivity contribution in [3.63, 3.8) is 0 Å². The van der Waals surface area contributed by atoms with Gasteiger partial charge in [0.05, 0.1) is 12.8 Å². The number of benzene rings is 1. The molecule has 0 saturated heterocycles. The van der Waals surface area contributed by atoms with Gasteiger partial charge in [-0.05, 0) is 36.6 Å². The highest BCUT2D eigenvalue weighted by Crippen LogP contribution is 2.21. The van der Waals surface area contributed by atoms with Crippen molar-refractivity contribution < 1.29 is 14.3 Å². The van der Waals surface area contributed by atoms with Crippen LogP contribution in [0.25, 0.3) is 5.69 Å². The van der Waals surface area contributed by atoms with Crippen LogP contribution in [0.1, 0.15) is 27.1 Å². The summed E-state index contributed by atoms with van der Waals surface area (Å²) in [6, 6.07) is 14.0. The summed E-state index contributed by atoms with van der Waals surface area (Å²) in [4.78, 5) is 25.3. The molecular weight excluding hydrogens is 338 g/mol. The lowest BCUT2D eigenvalue weighted by molar-refractivity contribution is -0.143. The van der Waals surface area contributed by atoms with Gasteiger partial charge in [-0.1, -0.05) is 24.3 Å². The zero-order valence-electron chi connectivity index (χ0n) is 13.8. The number of hydrogen-bond acceptors (Lipinski definition) is 5. The van der Waals surface area contributed by atoms with Crippen LogP contribution in [0.4, 0.5) is 0 Å². The van der Waals surface area contributed by atoms with E-state index in [-0.39, 0.29) is 5.69 Å². The van der Waals surface area contributed by atoms with Gasteiger partial charge >= 0.3 is 5.97 Å². The molecule has 6 nitrogen and oxygen atoms in total. The molecule has 0 bridgehead atoms. The number of aryl methyl sites for hydroxylation is 1. The van der Waals surface area contributed by atoms with E-state index >= 15 is 0 Å². The average molecular weight is 355 g/mol. The lowest BCUT2D eigenvalue weighted by Gasteiger charge is -2.14. The first kappa shape index (κ1) is 16.9. The van der Waals surface area contributed by atoms with E-state index in [1.807, 2.05) is 48.7 Å². The molecule has 0 spiro atoms. The summed E-state index contributed by atoms with van der Waals surface area (Å²) in [5, 5.41) is 8.89. The largest absolute Gasteiger partial charge is 0.467 e. The SMILES string of the molecule is COC(=O)C(NC(=O)c1cc(C)n(-c2ccccc2)n1)c1cccs1. The van der Waals surface area contributed by atoms with Gasteiger partial charge in [-0.15, -0.1) is 11.3 Å². The molecule has 128 valence electrons. The maximum Gasteiger partial charge on any atom is 0.333 e. The number of thiophene rings is 1. The number of nitrogens with one attached hydrogen (secondary N) is 1. The second-order valence-corrected chi connectivity index (χ2v) is 6.34. The Balaban J connectivity index is 1.84. The Labute approximate surface area is 149 Å². The summed E-state index contributed by atoms with van der Waals surface area (Å²) in [6.45, 7) is 1.87. The van der Waals surface area contributed by atoms with E-state index in [1.54, 1.807) is 16.8 Å². The summed E-state index contributed by atoms with van der Waals surface area (Å²) >= 11 is 1.38. The highest BCUT2D eigenvalue weighted by atomic mass is 32.1. The molecule has 0 radical (unpaired) electrons. The van der Waals surface area contributed by atoms with Gasteiger partial charge in [-0.3, -0.25) is 4.79 Å². The number of methoxy groups -OCH3 is 1. The van der Waals surface area contributed by atoms with Crippen LogP contribution in [0.2, 0.25) is 0 Å². The van der Waals surface area contributed by atoms with E-state index in [2.05, 4.69) is 10.4 Å².